The molecule has 0 spiro atoms. The fourth-order valence-corrected chi connectivity index (χ4v) is 5.34. The third-order valence-corrected chi connectivity index (χ3v) is 7.36. The van der Waals surface area contributed by atoms with Crippen molar-refractivity contribution in [1.29, 1.82) is 0 Å². The summed E-state index contributed by atoms with van der Waals surface area (Å²) in [5.74, 6) is -2.36. The summed E-state index contributed by atoms with van der Waals surface area (Å²) in [6.07, 6.45) is 0. The standard InChI is InChI=1S/C20H16BrNO6S2/c1-10(23)14-6-5-13(29-14)8-22-12-4-2-3-11(7-12)18-16(21)17(28-9-15(24)25)19(30-18)20(26)27/h2-7,22H,8-9H2,1H3,(H,24,25)(H,26,27). The van der Waals surface area contributed by atoms with Crippen LogP contribution in [0.3, 0.4) is 0 Å². The van der Waals surface area contributed by atoms with E-state index in [9.17, 15) is 19.5 Å². The van der Waals surface area contributed by atoms with Gasteiger partial charge in [0.05, 0.1) is 14.2 Å². The van der Waals surface area contributed by atoms with Crippen LogP contribution in [-0.4, -0.2) is 34.5 Å². The quantitative estimate of drug-likeness (QED) is 0.339. The Hall–Kier alpha value is -2.69. The lowest BCUT2D eigenvalue weighted by molar-refractivity contribution is -0.139. The first kappa shape index (κ1) is 22.0. The van der Waals surface area contributed by atoms with Crippen molar-refractivity contribution in [2.45, 2.75) is 13.5 Å². The number of thiophene rings is 2. The number of hydrogen-bond acceptors (Lipinski definition) is 7. The summed E-state index contributed by atoms with van der Waals surface area (Å²) in [6.45, 7) is 1.44. The average molecular weight is 510 g/mol. The highest BCUT2D eigenvalue weighted by molar-refractivity contribution is 9.10. The van der Waals surface area contributed by atoms with Crippen molar-refractivity contribution in [2.24, 2.45) is 0 Å². The van der Waals surface area contributed by atoms with Crippen LogP contribution >= 0.6 is 38.6 Å². The molecule has 0 amide bonds. The molecular weight excluding hydrogens is 494 g/mol. The molecule has 0 radical (unpaired) electrons. The highest BCUT2D eigenvalue weighted by Crippen LogP contribution is 2.46. The lowest BCUT2D eigenvalue weighted by atomic mass is 10.1. The number of carboxylic acids is 2. The van der Waals surface area contributed by atoms with Crippen LogP contribution in [0.15, 0.2) is 40.9 Å². The number of carbonyl (C=O) groups is 3. The Morgan fingerprint density at radius 1 is 1.13 bits per heavy atom. The molecule has 2 heterocycles. The number of Topliss-reactive ketones (excluding diaryl/α,β-unsaturated/α-hetero) is 1. The zero-order valence-corrected chi connectivity index (χ0v) is 18.8. The van der Waals surface area contributed by atoms with Crippen LogP contribution in [0.4, 0.5) is 5.69 Å². The SMILES string of the molecule is CC(=O)c1ccc(CNc2cccc(-c3sc(C(=O)O)c(OCC(=O)O)c3Br)c2)s1. The second-order valence-corrected chi connectivity index (χ2v) is 9.13. The van der Waals surface area contributed by atoms with Gasteiger partial charge in [-0.25, -0.2) is 9.59 Å². The third-order valence-electron chi connectivity index (χ3n) is 3.94. The van der Waals surface area contributed by atoms with Crippen LogP contribution in [-0.2, 0) is 11.3 Å². The van der Waals surface area contributed by atoms with Crippen molar-refractivity contribution in [3.05, 3.63) is 55.5 Å². The van der Waals surface area contributed by atoms with Crippen molar-refractivity contribution >= 4 is 62.0 Å². The Morgan fingerprint density at radius 2 is 1.90 bits per heavy atom. The summed E-state index contributed by atoms with van der Waals surface area (Å²) in [6, 6.07) is 11.1. The Labute approximate surface area is 188 Å². The largest absolute Gasteiger partial charge is 0.479 e. The maximum atomic E-state index is 11.6. The van der Waals surface area contributed by atoms with Crippen LogP contribution in [0.2, 0.25) is 0 Å². The highest BCUT2D eigenvalue weighted by atomic mass is 79.9. The molecule has 0 saturated carbocycles. The van der Waals surface area contributed by atoms with Gasteiger partial charge in [-0.05, 0) is 52.7 Å². The van der Waals surface area contributed by atoms with E-state index >= 15 is 0 Å². The minimum absolute atomic E-state index is 0.00129. The first-order valence-electron chi connectivity index (χ1n) is 8.60. The Morgan fingerprint density at radius 3 is 2.53 bits per heavy atom. The smallest absolute Gasteiger partial charge is 0.349 e. The Balaban J connectivity index is 1.84. The topological polar surface area (TPSA) is 113 Å². The van der Waals surface area contributed by atoms with Crippen molar-refractivity contribution in [1.82, 2.24) is 0 Å². The number of anilines is 1. The molecule has 0 unspecified atom stereocenters. The molecule has 2 aromatic heterocycles. The normalized spacial score (nSPS) is 10.6. The fourth-order valence-electron chi connectivity index (χ4n) is 2.61. The summed E-state index contributed by atoms with van der Waals surface area (Å²) in [7, 11) is 0. The zero-order valence-electron chi connectivity index (χ0n) is 15.6. The molecule has 0 aliphatic carbocycles. The minimum Gasteiger partial charge on any atom is -0.479 e. The van der Waals surface area contributed by atoms with Crippen molar-refractivity contribution < 1.29 is 29.3 Å². The van der Waals surface area contributed by atoms with E-state index in [1.54, 1.807) is 6.07 Å². The van der Waals surface area contributed by atoms with Crippen LogP contribution in [0.5, 0.6) is 5.75 Å². The third kappa shape index (κ3) is 5.07. The molecular formula is C20H16BrNO6S2. The van der Waals surface area contributed by atoms with Gasteiger partial charge in [0, 0.05) is 17.1 Å². The van der Waals surface area contributed by atoms with Crippen molar-refractivity contribution in [3.63, 3.8) is 0 Å². The fraction of sp³-hybridized carbons (Fsp3) is 0.150. The molecule has 3 rings (SSSR count). The van der Waals surface area contributed by atoms with E-state index in [-0.39, 0.29) is 16.4 Å². The second kappa shape index (κ2) is 9.41. The van der Waals surface area contributed by atoms with E-state index in [0.29, 0.717) is 20.8 Å². The summed E-state index contributed by atoms with van der Waals surface area (Å²) in [5.41, 5.74) is 1.57. The molecule has 0 aliphatic rings. The molecule has 0 saturated heterocycles. The molecule has 3 aromatic rings. The summed E-state index contributed by atoms with van der Waals surface area (Å²) in [5, 5.41) is 21.6. The van der Waals surface area contributed by atoms with Gasteiger partial charge in [-0.2, -0.15) is 0 Å². The van der Waals surface area contributed by atoms with Gasteiger partial charge in [0.25, 0.3) is 0 Å². The van der Waals surface area contributed by atoms with E-state index < -0.39 is 18.5 Å². The maximum absolute atomic E-state index is 11.6. The van der Waals surface area contributed by atoms with Gasteiger partial charge in [0.2, 0.25) is 0 Å². The van der Waals surface area contributed by atoms with Crippen molar-refractivity contribution in [2.75, 3.05) is 11.9 Å². The number of nitrogens with one attached hydrogen (secondary N) is 1. The number of hydrogen-bond donors (Lipinski definition) is 3. The summed E-state index contributed by atoms with van der Waals surface area (Å²) in [4.78, 5) is 36.1. The van der Waals surface area contributed by atoms with Gasteiger partial charge >= 0.3 is 11.9 Å². The maximum Gasteiger partial charge on any atom is 0.349 e. The Bertz CT molecular complexity index is 1120. The molecule has 1 aromatic carbocycles. The molecule has 0 fully saturated rings. The molecule has 0 atom stereocenters. The lowest BCUT2D eigenvalue weighted by Crippen LogP contribution is -2.11. The molecule has 10 heteroatoms. The van der Waals surface area contributed by atoms with Crippen molar-refractivity contribution in [3.8, 4) is 16.2 Å². The van der Waals surface area contributed by atoms with E-state index in [4.69, 9.17) is 9.84 Å². The van der Waals surface area contributed by atoms with Gasteiger partial charge in [-0.15, -0.1) is 22.7 Å². The predicted molar refractivity (Wildman–Crippen MR) is 119 cm³/mol. The van der Waals surface area contributed by atoms with Gasteiger partial charge in [-0.1, -0.05) is 12.1 Å². The number of benzene rings is 1. The number of aromatic carboxylic acids is 1. The first-order chi connectivity index (χ1) is 14.3. The first-order valence-corrected chi connectivity index (χ1v) is 11.0. The van der Waals surface area contributed by atoms with Crippen LogP contribution in [0, 0.1) is 0 Å². The van der Waals surface area contributed by atoms with E-state index in [1.165, 1.54) is 18.3 Å². The van der Waals surface area contributed by atoms with E-state index in [2.05, 4.69) is 21.2 Å². The molecule has 3 N–H and O–H groups in total. The summed E-state index contributed by atoms with van der Waals surface area (Å²) < 4.78 is 5.59. The number of carbonyl (C=O) groups excluding carboxylic acids is 1. The van der Waals surface area contributed by atoms with Gasteiger partial charge in [-0.3, -0.25) is 4.79 Å². The molecule has 30 heavy (non-hydrogen) atoms. The molecule has 0 bridgehead atoms. The van der Waals surface area contributed by atoms with Gasteiger partial charge < -0.3 is 20.3 Å². The number of rotatable bonds is 9. The number of ketones is 1. The van der Waals surface area contributed by atoms with Crippen LogP contribution in [0.25, 0.3) is 10.4 Å². The van der Waals surface area contributed by atoms with E-state index in [0.717, 1.165) is 27.5 Å². The lowest BCUT2D eigenvalue weighted by Gasteiger charge is -2.07. The molecule has 0 aliphatic heterocycles. The molecule has 7 nitrogen and oxygen atoms in total. The monoisotopic (exact) mass is 509 g/mol. The highest BCUT2D eigenvalue weighted by Gasteiger charge is 2.24. The van der Waals surface area contributed by atoms with Gasteiger partial charge in [0.1, 0.15) is 0 Å². The van der Waals surface area contributed by atoms with Gasteiger partial charge in [0.15, 0.2) is 23.0 Å². The number of aliphatic carboxylic acids is 1. The number of ether oxygens (including phenoxy) is 1. The zero-order chi connectivity index (χ0) is 21.8. The summed E-state index contributed by atoms with van der Waals surface area (Å²) >= 11 is 5.79. The van der Waals surface area contributed by atoms with Crippen LogP contribution in [0.1, 0.15) is 31.1 Å². The average Bonchev–Trinajstić information content (AvgIpc) is 3.30. The second-order valence-electron chi connectivity index (χ2n) is 6.15. The number of halogens is 1. The van der Waals surface area contributed by atoms with E-state index in [1.807, 2.05) is 30.3 Å². The molecule has 156 valence electrons. The minimum atomic E-state index is -1.20. The van der Waals surface area contributed by atoms with Crippen LogP contribution < -0.4 is 10.1 Å². The predicted octanol–water partition coefficient (Wildman–Crippen LogP) is 5.22. The number of carboxylic acid groups (broad SMARTS) is 2. The Kier molecular flexibility index (Phi) is 6.91.